The predicted molar refractivity (Wildman–Crippen MR) is 81.9 cm³/mol. The molecule has 1 aliphatic heterocycles. The van der Waals surface area contributed by atoms with E-state index in [4.69, 9.17) is 0 Å². The van der Waals surface area contributed by atoms with Gasteiger partial charge in [-0.1, -0.05) is 0 Å². The van der Waals surface area contributed by atoms with Gasteiger partial charge in [0, 0.05) is 18.2 Å². The molecule has 1 atom stereocenters. The highest BCUT2D eigenvalue weighted by Gasteiger charge is 2.49. The van der Waals surface area contributed by atoms with Crippen LogP contribution in [0.3, 0.4) is 0 Å². The van der Waals surface area contributed by atoms with Crippen molar-refractivity contribution in [3.63, 3.8) is 0 Å². The number of non-ortho nitro benzene ring substituents is 1. The highest BCUT2D eigenvalue weighted by molar-refractivity contribution is 6.09. The first kappa shape index (κ1) is 15.9. The van der Waals surface area contributed by atoms with Gasteiger partial charge in [-0.2, -0.15) is 0 Å². The maximum absolute atomic E-state index is 12.6. The quantitative estimate of drug-likeness (QED) is 0.465. The molecule has 2 N–H and O–H groups in total. The number of hydrogen-bond donors (Lipinski definition) is 2. The van der Waals surface area contributed by atoms with Crippen molar-refractivity contribution in [2.45, 2.75) is 31.3 Å². The van der Waals surface area contributed by atoms with E-state index in [0.717, 1.165) is 17.7 Å². The fourth-order valence-corrected chi connectivity index (χ4v) is 2.60. The summed E-state index contributed by atoms with van der Waals surface area (Å²) in [6.07, 6.45) is 1.82. The molecular formula is C15H16N4O5. The molecule has 0 radical (unpaired) electrons. The normalized spacial score (nSPS) is 23.1. The standard InChI is InChI=1S/C15H16N4O5/c1-15(9-2-6-11(7-3-9)19(23)24)13(21)18(14(22)17-15)8-12(20)16-10-4-5-10/h2-3,6-7,10H,4-5,8H2,1H3,(H,16,20)(H,17,22)/t15-/m0/s1. The van der Waals surface area contributed by atoms with E-state index in [9.17, 15) is 24.5 Å². The summed E-state index contributed by atoms with van der Waals surface area (Å²) in [6, 6.07) is 4.85. The fraction of sp³-hybridized carbons (Fsp3) is 0.400. The molecule has 3 rings (SSSR count). The first-order valence-electron chi connectivity index (χ1n) is 7.49. The second kappa shape index (κ2) is 5.59. The molecule has 0 unspecified atom stereocenters. The average Bonchev–Trinajstić information content (AvgIpc) is 3.32. The van der Waals surface area contributed by atoms with Gasteiger partial charge in [0.2, 0.25) is 5.91 Å². The van der Waals surface area contributed by atoms with Crippen molar-refractivity contribution in [3.05, 3.63) is 39.9 Å². The zero-order valence-electron chi connectivity index (χ0n) is 12.9. The molecule has 2 fully saturated rings. The third-order valence-electron chi connectivity index (χ3n) is 4.17. The molecule has 1 heterocycles. The summed E-state index contributed by atoms with van der Waals surface area (Å²) >= 11 is 0. The lowest BCUT2D eigenvalue weighted by Gasteiger charge is -2.22. The Balaban J connectivity index is 1.77. The monoisotopic (exact) mass is 332 g/mol. The number of carbonyl (C=O) groups excluding carboxylic acids is 3. The Hall–Kier alpha value is -2.97. The van der Waals surface area contributed by atoms with E-state index in [2.05, 4.69) is 10.6 Å². The zero-order chi connectivity index (χ0) is 17.5. The molecule has 126 valence electrons. The van der Waals surface area contributed by atoms with Crippen LogP contribution in [0.25, 0.3) is 0 Å². The number of nitrogens with zero attached hydrogens (tertiary/aromatic N) is 2. The highest BCUT2D eigenvalue weighted by atomic mass is 16.6. The summed E-state index contributed by atoms with van der Waals surface area (Å²) in [4.78, 5) is 47.6. The van der Waals surface area contributed by atoms with E-state index in [0.29, 0.717) is 5.56 Å². The molecule has 9 nitrogen and oxygen atoms in total. The lowest BCUT2D eigenvalue weighted by molar-refractivity contribution is -0.384. The van der Waals surface area contributed by atoms with E-state index in [1.807, 2.05) is 0 Å². The van der Waals surface area contributed by atoms with Gasteiger partial charge in [0.15, 0.2) is 0 Å². The lowest BCUT2D eigenvalue weighted by atomic mass is 9.92. The molecule has 1 saturated carbocycles. The first-order valence-corrected chi connectivity index (χ1v) is 7.49. The molecule has 0 bridgehead atoms. The van der Waals surface area contributed by atoms with Crippen LogP contribution in [-0.4, -0.2) is 40.3 Å². The third kappa shape index (κ3) is 2.80. The van der Waals surface area contributed by atoms with Crippen LogP contribution in [0, 0.1) is 10.1 Å². The first-order chi connectivity index (χ1) is 11.3. The van der Waals surface area contributed by atoms with Gasteiger partial charge in [-0.3, -0.25) is 24.6 Å². The van der Waals surface area contributed by atoms with Crippen LogP contribution in [0.2, 0.25) is 0 Å². The number of nitrogens with one attached hydrogen (secondary N) is 2. The van der Waals surface area contributed by atoms with Gasteiger partial charge in [-0.05, 0) is 37.5 Å². The number of benzene rings is 1. The minimum Gasteiger partial charge on any atom is -0.352 e. The summed E-state index contributed by atoms with van der Waals surface area (Å²) in [6.45, 7) is 1.16. The molecule has 9 heteroatoms. The minimum absolute atomic E-state index is 0.111. The summed E-state index contributed by atoms with van der Waals surface area (Å²) in [5.41, 5.74) is -1.05. The van der Waals surface area contributed by atoms with Crippen LogP contribution >= 0.6 is 0 Å². The van der Waals surface area contributed by atoms with E-state index >= 15 is 0 Å². The Morgan fingerprint density at radius 3 is 2.54 bits per heavy atom. The molecule has 1 aromatic rings. The number of amides is 4. The van der Waals surface area contributed by atoms with Crippen LogP contribution in [0.15, 0.2) is 24.3 Å². The lowest BCUT2D eigenvalue weighted by Crippen LogP contribution is -2.43. The fourth-order valence-electron chi connectivity index (χ4n) is 2.60. The van der Waals surface area contributed by atoms with Crippen LogP contribution in [0.5, 0.6) is 0 Å². The van der Waals surface area contributed by atoms with E-state index in [1.54, 1.807) is 0 Å². The number of hydrogen-bond acceptors (Lipinski definition) is 5. The molecule has 4 amide bonds. The van der Waals surface area contributed by atoms with E-state index in [-0.39, 0.29) is 24.2 Å². The summed E-state index contributed by atoms with van der Waals surface area (Å²) in [5.74, 6) is -0.943. The maximum atomic E-state index is 12.6. The highest BCUT2D eigenvalue weighted by Crippen LogP contribution is 2.30. The number of rotatable bonds is 5. The van der Waals surface area contributed by atoms with Crippen LogP contribution in [0.4, 0.5) is 10.5 Å². The molecule has 0 aromatic heterocycles. The zero-order valence-corrected chi connectivity index (χ0v) is 12.9. The smallest absolute Gasteiger partial charge is 0.325 e. The van der Waals surface area contributed by atoms with Crippen molar-refractivity contribution in [1.29, 1.82) is 0 Å². The minimum atomic E-state index is -1.36. The van der Waals surface area contributed by atoms with Crippen molar-refractivity contribution in [2.24, 2.45) is 0 Å². The van der Waals surface area contributed by atoms with E-state index in [1.165, 1.54) is 31.2 Å². The Labute approximate surface area is 137 Å². The molecule has 1 aromatic carbocycles. The Morgan fingerprint density at radius 2 is 2.00 bits per heavy atom. The summed E-state index contributed by atoms with van der Waals surface area (Å²) in [5, 5.41) is 16.0. The van der Waals surface area contributed by atoms with Crippen LogP contribution < -0.4 is 10.6 Å². The van der Waals surface area contributed by atoms with Gasteiger partial charge >= 0.3 is 6.03 Å². The molecule has 1 saturated heterocycles. The number of imide groups is 1. The Kier molecular flexibility index (Phi) is 3.70. The van der Waals surface area contributed by atoms with Crippen LogP contribution in [-0.2, 0) is 15.1 Å². The second-order valence-electron chi connectivity index (χ2n) is 6.09. The number of urea groups is 1. The summed E-state index contributed by atoms with van der Waals surface area (Å²) in [7, 11) is 0. The van der Waals surface area contributed by atoms with Gasteiger partial charge < -0.3 is 10.6 Å². The average molecular weight is 332 g/mol. The van der Waals surface area contributed by atoms with Gasteiger partial charge in [0.05, 0.1) is 4.92 Å². The van der Waals surface area contributed by atoms with Crippen molar-refractivity contribution in [1.82, 2.24) is 15.5 Å². The van der Waals surface area contributed by atoms with Crippen molar-refractivity contribution < 1.29 is 19.3 Å². The largest absolute Gasteiger partial charge is 0.352 e. The van der Waals surface area contributed by atoms with Gasteiger partial charge in [0.25, 0.3) is 11.6 Å². The van der Waals surface area contributed by atoms with E-state index < -0.39 is 22.4 Å². The third-order valence-corrected chi connectivity index (χ3v) is 4.17. The second-order valence-corrected chi connectivity index (χ2v) is 6.09. The van der Waals surface area contributed by atoms with Crippen molar-refractivity contribution in [2.75, 3.05) is 6.54 Å². The molecule has 2 aliphatic rings. The predicted octanol–water partition coefficient (Wildman–Crippen LogP) is 0.640. The number of carbonyl (C=O) groups is 3. The molecular weight excluding hydrogens is 316 g/mol. The Bertz CT molecular complexity index is 728. The number of nitro groups is 1. The number of nitro benzene ring substituents is 1. The SMILES string of the molecule is C[C@@]1(c2ccc([N+](=O)[O-])cc2)NC(=O)N(CC(=O)NC2CC2)C1=O. The topological polar surface area (TPSA) is 122 Å². The Morgan fingerprint density at radius 1 is 1.38 bits per heavy atom. The van der Waals surface area contributed by atoms with Crippen molar-refractivity contribution in [3.8, 4) is 0 Å². The molecule has 1 aliphatic carbocycles. The molecule has 24 heavy (non-hydrogen) atoms. The maximum Gasteiger partial charge on any atom is 0.325 e. The van der Waals surface area contributed by atoms with Crippen LogP contribution in [0.1, 0.15) is 25.3 Å². The summed E-state index contributed by atoms with van der Waals surface area (Å²) < 4.78 is 0. The van der Waals surface area contributed by atoms with Gasteiger partial charge in [-0.15, -0.1) is 0 Å². The molecule has 0 spiro atoms. The van der Waals surface area contributed by atoms with Crippen molar-refractivity contribution >= 4 is 23.5 Å². The van der Waals surface area contributed by atoms with Gasteiger partial charge in [-0.25, -0.2) is 4.79 Å². The van der Waals surface area contributed by atoms with Gasteiger partial charge in [0.1, 0.15) is 12.1 Å².